The molecule has 0 saturated carbocycles. The van der Waals surface area contributed by atoms with Crippen LogP contribution >= 0.6 is 0 Å². The maximum absolute atomic E-state index is 12.0. The van der Waals surface area contributed by atoms with Gasteiger partial charge in [0.05, 0.1) is 0 Å². The Balaban J connectivity index is 2.76. The number of nitrogens with zero attached hydrogens (tertiary/aromatic N) is 1. The molecule has 0 unspecified atom stereocenters. The van der Waals surface area contributed by atoms with Gasteiger partial charge in [-0.15, -0.1) is 13.2 Å². The first-order valence-electron chi connectivity index (χ1n) is 6.83. The molecule has 5 nitrogen and oxygen atoms in total. The molecule has 2 amide bonds. The van der Waals surface area contributed by atoms with Crippen LogP contribution in [0.15, 0.2) is 61.7 Å². The highest BCUT2D eigenvalue weighted by molar-refractivity contribution is 5.99. The number of anilines is 1. The third kappa shape index (κ3) is 5.66. The van der Waals surface area contributed by atoms with E-state index in [1.807, 2.05) is 0 Å². The molecule has 0 aliphatic carbocycles. The molecule has 0 fully saturated rings. The molecule has 0 heterocycles. The molecular formula is C17H20N2O3. The standard InChI is InChI=1S/C17H20N2O3/c1-4-8-16(20)18-14-9-7-10-15(13-14)22-17(21)19(11-5-2)12-6-3/h4-10,13H,2-3,11-12H2,1H3,(H,18,20). The summed E-state index contributed by atoms with van der Waals surface area (Å²) in [5.74, 6) is 0.104. The van der Waals surface area contributed by atoms with Gasteiger partial charge in [0.2, 0.25) is 5.91 Å². The summed E-state index contributed by atoms with van der Waals surface area (Å²) in [6.07, 6.45) is 5.77. The van der Waals surface area contributed by atoms with Crippen molar-refractivity contribution in [2.45, 2.75) is 6.92 Å². The van der Waals surface area contributed by atoms with Gasteiger partial charge in [-0.3, -0.25) is 4.79 Å². The van der Waals surface area contributed by atoms with Crippen LogP contribution in [0.3, 0.4) is 0 Å². The van der Waals surface area contributed by atoms with Gasteiger partial charge >= 0.3 is 6.09 Å². The van der Waals surface area contributed by atoms with Crippen LogP contribution in [0.2, 0.25) is 0 Å². The summed E-state index contributed by atoms with van der Waals surface area (Å²) < 4.78 is 5.29. The van der Waals surface area contributed by atoms with Crippen LogP contribution in [0.5, 0.6) is 5.75 Å². The monoisotopic (exact) mass is 300 g/mol. The first-order valence-corrected chi connectivity index (χ1v) is 6.83. The zero-order valence-corrected chi connectivity index (χ0v) is 12.6. The van der Waals surface area contributed by atoms with E-state index in [2.05, 4.69) is 18.5 Å². The molecule has 0 aliphatic heterocycles. The second-order valence-electron chi connectivity index (χ2n) is 4.37. The van der Waals surface area contributed by atoms with Gasteiger partial charge in [-0.25, -0.2) is 4.79 Å². The second-order valence-corrected chi connectivity index (χ2v) is 4.37. The minimum atomic E-state index is -0.503. The van der Waals surface area contributed by atoms with Crippen molar-refractivity contribution in [3.05, 3.63) is 61.7 Å². The predicted molar refractivity (Wildman–Crippen MR) is 87.9 cm³/mol. The van der Waals surface area contributed by atoms with E-state index in [0.717, 1.165) is 0 Å². The predicted octanol–water partition coefficient (Wildman–Crippen LogP) is 3.37. The lowest BCUT2D eigenvalue weighted by molar-refractivity contribution is -0.111. The lowest BCUT2D eigenvalue weighted by Crippen LogP contribution is -2.33. The van der Waals surface area contributed by atoms with Crippen LogP contribution in [0.4, 0.5) is 10.5 Å². The van der Waals surface area contributed by atoms with Crippen molar-refractivity contribution in [2.75, 3.05) is 18.4 Å². The molecule has 0 spiro atoms. The van der Waals surface area contributed by atoms with E-state index in [1.165, 1.54) is 11.0 Å². The van der Waals surface area contributed by atoms with Gasteiger partial charge in [-0.2, -0.15) is 0 Å². The number of nitrogens with one attached hydrogen (secondary N) is 1. The van der Waals surface area contributed by atoms with Gasteiger partial charge < -0.3 is 15.0 Å². The molecule has 0 atom stereocenters. The Morgan fingerprint density at radius 3 is 2.55 bits per heavy atom. The molecular weight excluding hydrogens is 280 g/mol. The van der Waals surface area contributed by atoms with E-state index in [1.54, 1.807) is 49.4 Å². The Bertz CT molecular complexity index is 569. The third-order valence-electron chi connectivity index (χ3n) is 2.58. The Labute approximate surface area is 130 Å². The van der Waals surface area contributed by atoms with Crippen LogP contribution in [0.25, 0.3) is 0 Å². The molecule has 0 aromatic heterocycles. The third-order valence-corrected chi connectivity index (χ3v) is 2.58. The molecule has 0 aliphatic rings. The lowest BCUT2D eigenvalue weighted by Gasteiger charge is -2.18. The van der Waals surface area contributed by atoms with E-state index in [0.29, 0.717) is 24.5 Å². The molecule has 0 bridgehead atoms. The maximum Gasteiger partial charge on any atom is 0.415 e. The fraction of sp³-hybridized carbons (Fsp3) is 0.176. The average molecular weight is 300 g/mol. The van der Waals surface area contributed by atoms with Crippen molar-refractivity contribution in [1.29, 1.82) is 0 Å². The van der Waals surface area contributed by atoms with Crippen molar-refractivity contribution in [2.24, 2.45) is 0 Å². The normalized spacial score (nSPS) is 10.0. The summed E-state index contributed by atoms with van der Waals surface area (Å²) in [7, 11) is 0. The number of ether oxygens (including phenoxy) is 1. The van der Waals surface area contributed by atoms with E-state index in [4.69, 9.17) is 4.74 Å². The number of hydrogen-bond donors (Lipinski definition) is 1. The number of amides is 2. The average Bonchev–Trinajstić information content (AvgIpc) is 2.47. The molecule has 1 aromatic carbocycles. The molecule has 5 heteroatoms. The minimum absolute atomic E-state index is 0.245. The summed E-state index contributed by atoms with van der Waals surface area (Å²) in [4.78, 5) is 25.0. The number of carbonyl (C=O) groups excluding carboxylic acids is 2. The molecule has 1 rings (SSSR count). The quantitative estimate of drug-likeness (QED) is 0.620. The first kappa shape index (κ1) is 17.2. The molecule has 116 valence electrons. The van der Waals surface area contributed by atoms with Crippen LogP contribution < -0.4 is 10.1 Å². The fourth-order valence-corrected chi connectivity index (χ4v) is 1.67. The number of rotatable bonds is 7. The number of hydrogen-bond acceptors (Lipinski definition) is 3. The largest absolute Gasteiger partial charge is 0.415 e. The summed E-state index contributed by atoms with van der Waals surface area (Å²) in [5, 5.41) is 2.67. The Hall–Kier alpha value is -2.82. The summed E-state index contributed by atoms with van der Waals surface area (Å²) in [6, 6.07) is 6.63. The summed E-state index contributed by atoms with van der Waals surface area (Å²) >= 11 is 0. The van der Waals surface area contributed by atoms with Crippen molar-refractivity contribution < 1.29 is 14.3 Å². The van der Waals surface area contributed by atoms with E-state index in [9.17, 15) is 9.59 Å². The smallest absolute Gasteiger partial charge is 0.410 e. The van der Waals surface area contributed by atoms with Gasteiger partial charge in [0.15, 0.2) is 0 Å². The molecule has 1 N–H and O–H groups in total. The number of carbonyl (C=O) groups is 2. The van der Waals surface area contributed by atoms with Gasteiger partial charge in [0.25, 0.3) is 0 Å². The Morgan fingerprint density at radius 2 is 1.95 bits per heavy atom. The van der Waals surface area contributed by atoms with Crippen LogP contribution in [0, 0.1) is 0 Å². The molecule has 0 radical (unpaired) electrons. The molecule has 22 heavy (non-hydrogen) atoms. The molecule has 1 aromatic rings. The van der Waals surface area contributed by atoms with Gasteiger partial charge in [-0.1, -0.05) is 24.3 Å². The zero-order chi connectivity index (χ0) is 16.4. The Morgan fingerprint density at radius 1 is 1.27 bits per heavy atom. The van der Waals surface area contributed by atoms with E-state index < -0.39 is 6.09 Å². The van der Waals surface area contributed by atoms with Crippen molar-refractivity contribution in [3.8, 4) is 5.75 Å². The van der Waals surface area contributed by atoms with Crippen molar-refractivity contribution in [1.82, 2.24) is 4.90 Å². The van der Waals surface area contributed by atoms with Crippen molar-refractivity contribution >= 4 is 17.7 Å². The first-order chi connectivity index (χ1) is 10.6. The van der Waals surface area contributed by atoms with Crippen LogP contribution in [-0.2, 0) is 4.79 Å². The lowest BCUT2D eigenvalue weighted by atomic mass is 10.3. The highest BCUT2D eigenvalue weighted by Crippen LogP contribution is 2.18. The number of allylic oxidation sites excluding steroid dienone is 1. The number of benzene rings is 1. The second kappa shape index (κ2) is 9.18. The Kier molecular flexibility index (Phi) is 7.19. The minimum Gasteiger partial charge on any atom is -0.410 e. The van der Waals surface area contributed by atoms with E-state index >= 15 is 0 Å². The van der Waals surface area contributed by atoms with E-state index in [-0.39, 0.29) is 5.91 Å². The zero-order valence-electron chi connectivity index (χ0n) is 12.6. The van der Waals surface area contributed by atoms with Crippen LogP contribution in [-0.4, -0.2) is 30.0 Å². The topological polar surface area (TPSA) is 58.6 Å². The molecule has 0 saturated heterocycles. The van der Waals surface area contributed by atoms with Crippen molar-refractivity contribution in [3.63, 3.8) is 0 Å². The highest BCUT2D eigenvalue weighted by atomic mass is 16.6. The van der Waals surface area contributed by atoms with Gasteiger partial charge in [-0.05, 0) is 25.1 Å². The SMILES string of the molecule is C=CCN(CC=C)C(=O)Oc1cccc(NC(=O)C=CC)c1. The highest BCUT2D eigenvalue weighted by Gasteiger charge is 2.13. The summed E-state index contributed by atoms with van der Waals surface area (Å²) in [6.45, 7) is 9.68. The fourth-order valence-electron chi connectivity index (χ4n) is 1.67. The van der Waals surface area contributed by atoms with Crippen LogP contribution in [0.1, 0.15) is 6.92 Å². The van der Waals surface area contributed by atoms with Gasteiger partial charge in [0.1, 0.15) is 5.75 Å². The maximum atomic E-state index is 12.0. The summed E-state index contributed by atoms with van der Waals surface area (Å²) in [5.41, 5.74) is 0.549. The van der Waals surface area contributed by atoms with Gasteiger partial charge in [0, 0.05) is 24.8 Å².